The van der Waals surface area contributed by atoms with E-state index in [-0.39, 0.29) is 17.5 Å². The third-order valence-corrected chi connectivity index (χ3v) is 6.87. The summed E-state index contributed by atoms with van der Waals surface area (Å²) in [6.45, 7) is 2.14. The first-order valence-electron chi connectivity index (χ1n) is 9.88. The lowest BCUT2D eigenvalue weighted by atomic mass is 10.1. The highest BCUT2D eigenvalue weighted by Gasteiger charge is 2.26. The number of likely N-dealkylation sites (tertiary alicyclic amines) is 1. The second-order valence-corrected chi connectivity index (χ2v) is 9.10. The van der Waals surface area contributed by atoms with Crippen molar-refractivity contribution in [2.24, 2.45) is 0 Å². The molecule has 0 bridgehead atoms. The number of rotatable bonds is 7. The molecule has 0 spiro atoms. The van der Waals surface area contributed by atoms with Crippen molar-refractivity contribution in [1.82, 2.24) is 9.62 Å². The maximum Gasteiger partial charge on any atom is 0.336 e. The summed E-state index contributed by atoms with van der Waals surface area (Å²) in [5.74, 6) is 0.766. The van der Waals surface area contributed by atoms with Gasteiger partial charge >= 0.3 is 5.63 Å². The van der Waals surface area contributed by atoms with Gasteiger partial charge in [-0.05, 0) is 67.9 Å². The van der Waals surface area contributed by atoms with Crippen molar-refractivity contribution in [3.8, 4) is 5.75 Å². The van der Waals surface area contributed by atoms with Crippen LogP contribution in [0.5, 0.6) is 5.75 Å². The Morgan fingerprint density at radius 1 is 1.07 bits per heavy atom. The van der Waals surface area contributed by atoms with Gasteiger partial charge in [-0.15, -0.1) is 0 Å². The minimum Gasteiger partial charge on any atom is -0.497 e. The largest absolute Gasteiger partial charge is 0.497 e. The molecule has 1 atom stereocenters. The number of hydrogen-bond donors (Lipinski definition) is 1. The van der Waals surface area contributed by atoms with E-state index in [0.717, 1.165) is 37.2 Å². The Bertz CT molecular complexity index is 1180. The van der Waals surface area contributed by atoms with Gasteiger partial charge in [-0.2, -0.15) is 0 Å². The van der Waals surface area contributed by atoms with E-state index < -0.39 is 15.6 Å². The van der Waals surface area contributed by atoms with Crippen molar-refractivity contribution >= 4 is 21.0 Å². The fourth-order valence-corrected chi connectivity index (χ4v) is 4.90. The molecule has 0 saturated carbocycles. The van der Waals surface area contributed by atoms with Crippen molar-refractivity contribution in [2.45, 2.75) is 23.8 Å². The van der Waals surface area contributed by atoms with Crippen LogP contribution < -0.4 is 15.1 Å². The second kappa shape index (κ2) is 8.59. The molecule has 8 heteroatoms. The van der Waals surface area contributed by atoms with Gasteiger partial charge in [0.2, 0.25) is 10.0 Å². The number of fused-ring (bicyclic) bond motifs is 1. The van der Waals surface area contributed by atoms with Crippen LogP contribution in [0.4, 0.5) is 0 Å². The highest BCUT2D eigenvalue weighted by Crippen LogP contribution is 2.27. The van der Waals surface area contributed by atoms with Gasteiger partial charge in [-0.3, -0.25) is 4.90 Å². The molecule has 158 valence electrons. The molecule has 0 amide bonds. The molecule has 3 aromatic rings. The first-order valence-corrected chi connectivity index (χ1v) is 11.4. The highest BCUT2D eigenvalue weighted by molar-refractivity contribution is 7.89. The number of benzene rings is 2. The lowest BCUT2D eigenvalue weighted by Gasteiger charge is -2.28. The van der Waals surface area contributed by atoms with E-state index in [2.05, 4.69) is 9.62 Å². The first kappa shape index (κ1) is 20.6. The van der Waals surface area contributed by atoms with E-state index >= 15 is 0 Å². The number of sulfonamides is 1. The zero-order chi connectivity index (χ0) is 21.1. The standard InChI is InChI=1S/C22H24N2O5S/c1-28-18-7-4-16(5-8-18)20(24-12-2-3-13-24)15-23-30(26,27)19-9-10-21-17(14-19)6-11-22(25)29-21/h4-11,14,20,23H,2-3,12-13,15H2,1H3. The molecule has 30 heavy (non-hydrogen) atoms. The minimum atomic E-state index is -3.73. The Morgan fingerprint density at radius 3 is 2.50 bits per heavy atom. The molecular weight excluding hydrogens is 404 g/mol. The van der Waals surface area contributed by atoms with Gasteiger partial charge in [0.15, 0.2) is 0 Å². The van der Waals surface area contributed by atoms with Crippen molar-refractivity contribution in [2.75, 3.05) is 26.7 Å². The predicted molar refractivity (Wildman–Crippen MR) is 114 cm³/mol. The molecule has 2 heterocycles. The summed E-state index contributed by atoms with van der Waals surface area (Å²) >= 11 is 0. The van der Waals surface area contributed by atoms with Crippen LogP contribution in [0.15, 0.2) is 68.7 Å². The van der Waals surface area contributed by atoms with Crippen molar-refractivity contribution in [3.05, 3.63) is 70.6 Å². The summed E-state index contributed by atoms with van der Waals surface area (Å²) in [6.07, 6.45) is 2.21. The van der Waals surface area contributed by atoms with Crippen LogP contribution in [-0.2, 0) is 10.0 Å². The quantitative estimate of drug-likeness (QED) is 0.582. The minimum absolute atomic E-state index is 0.0633. The monoisotopic (exact) mass is 428 g/mol. The van der Waals surface area contributed by atoms with Crippen molar-refractivity contribution in [1.29, 1.82) is 0 Å². The predicted octanol–water partition coefficient (Wildman–Crippen LogP) is 2.92. The van der Waals surface area contributed by atoms with Crippen LogP contribution in [0.25, 0.3) is 11.0 Å². The Labute approximate surface area is 175 Å². The molecule has 1 N–H and O–H groups in total. The maximum atomic E-state index is 13.0. The molecule has 0 aliphatic carbocycles. The van der Waals surface area contributed by atoms with Gasteiger partial charge in [-0.1, -0.05) is 12.1 Å². The molecule has 1 saturated heterocycles. The molecule has 1 aliphatic heterocycles. The smallest absolute Gasteiger partial charge is 0.336 e. The van der Waals surface area contributed by atoms with E-state index in [1.165, 1.54) is 24.3 Å². The fraction of sp³-hybridized carbons (Fsp3) is 0.318. The van der Waals surface area contributed by atoms with Crippen LogP contribution in [0.3, 0.4) is 0 Å². The van der Waals surface area contributed by atoms with Crippen molar-refractivity contribution < 1.29 is 17.6 Å². The molecule has 0 radical (unpaired) electrons. The molecule has 1 fully saturated rings. The van der Waals surface area contributed by atoms with Gasteiger partial charge in [-0.25, -0.2) is 17.9 Å². The van der Waals surface area contributed by atoms with Gasteiger partial charge in [0.1, 0.15) is 11.3 Å². The maximum absolute atomic E-state index is 13.0. The molecular formula is C22H24N2O5S. The third-order valence-electron chi connectivity index (χ3n) is 5.45. The van der Waals surface area contributed by atoms with Gasteiger partial charge in [0.05, 0.1) is 12.0 Å². The van der Waals surface area contributed by atoms with Crippen LogP contribution in [0.2, 0.25) is 0 Å². The zero-order valence-corrected chi connectivity index (χ0v) is 17.5. The lowest BCUT2D eigenvalue weighted by Crippen LogP contribution is -2.36. The van der Waals surface area contributed by atoms with Crippen LogP contribution in [0.1, 0.15) is 24.4 Å². The highest BCUT2D eigenvalue weighted by atomic mass is 32.2. The molecule has 7 nitrogen and oxygen atoms in total. The summed E-state index contributed by atoms with van der Waals surface area (Å²) in [7, 11) is -2.11. The molecule has 1 aliphatic rings. The summed E-state index contributed by atoms with van der Waals surface area (Å²) in [4.78, 5) is 13.8. The van der Waals surface area contributed by atoms with Crippen molar-refractivity contribution in [3.63, 3.8) is 0 Å². The van der Waals surface area contributed by atoms with E-state index in [9.17, 15) is 13.2 Å². The lowest BCUT2D eigenvalue weighted by molar-refractivity contribution is 0.246. The Balaban J connectivity index is 1.57. The summed E-state index contributed by atoms with van der Waals surface area (Å²) < 4.78 is 39.0. The third kappa shape index (κ3) is 4.40. The summed E-state index contributed by atoms with van der Waals surface area (Å²) in [5, 5.41) is 0.559. The van der Waals surface area contributed by atoms with E-state index in [0.29, 0.717) is 11.0 Å². The van der Waals surface area contributed by atoms with Crippen LogP contribution >= 0.6 is 0 Å². The fourth-order valence-electron chi connectivity index (χ4n) is 3.83. The average Bonchev–Trinajstić information content (AvgIpc) is 3.28. The SMILES string of the molecule is COc1ccc(C(CNS(=O)(=O)c2ccc3oc(=O)ccc3c2)N2CCCC2)cc1. The average molecular weight is 429 g/mol. The van der Waals surface area contributed by atoms with Crippen LogP contribution in [0, 0.1) is 0 Å². The van der Waals surface area contributed by atoms with Gasteiger partial charge in [0, 0.05) is 24.0 Å². The molecule has 4 rings (SSSR count). The molecule has 1 aromatic heterocycles. The Kier molecular flexibility index (Phi) is 5.90. The molecule has 1 unspecified atom stereocenters. The summed E-state index contributed by atoms with van der Waals surface area (Å²) in [6, 6.07) is 15.0. The number of nitrogens with zero attached hydrogens (tertiary/aromatic N) is 1. The first-order chi connectivity index (χ1) is 14.5. The van der Waals surface area contributed by atoms with Gasteiger partial charge in [0.25, 0.3) is 0 Å². The number of methoxy groups -OCH3 is 1. The van der Waals surface area contributed by atoms with Crippen LogP contribution in [-0.4, -0.2) is 40.1 Å². The van der Waals surface area contributed by atoms with E-state index in [1.807, 2.05) is 24.3 Å². The van der Waals surface area contributed by atoms with Gasteiger partial charge < -0.3 is 9.15 Å². The zero-order valence-electron chi connectivity index (χ0n) is 16.7. The van der Waals surface area contributed by atoms with E-state index in [4.69, 9.17) is 9.15 Å². The number of ether oxygens (including phenoxy) is 1. The number of nitrogens with one attached hydrogen (secondary N) is 1. The Hall–Kier alpha value is -2.68. The second-order valence-electron chi connectivity index (χ2n) is 7.34. The Morgan fingerprint density at radius 2 is 1.80 bits per heavy atom. The number of hydrogen-bond acceptors (Lipinski definition) is 6. The topological polar surface area (TPSA) is 88.8 Å². The normalized spacial score (nSPS) is 16.0. The molecule has 2 aromatic carbocycles. The van der Waals surface area contributed by atoms with E-state index in [1.54, 1.807) is 13.2 Å². The summed E-state index contributed by atoms with van der Waals surface area (Å²) in [5.41, 5.74) is 0.930.